The lowest BCUT2D eigenvalue weighted by Gasteiger charge is -2.27. The Balaban J connectivity index is 1.92. The van der Waals surface area contributed by atoms with Gasteiger partial charge in [0.1, 0.15) is 5.60 Å². The molecule has 0 radical (unpaired) electrons. The molecule has 0 aliphatic carbocycles. The molecule has 0 aliphatic heterocycles. The lowest BCUT2D eigenvalue weighted by atomic mass is 10.1. The largest absolute Gasteiger partial charge is 0.444 e. The highest BCUT2D eigenvalue weighted by atomic mass is 32.2. The summed E-state index contributed by atoms with van der Waals surface area (Å²) in [6.45, 7) is 10.6. The Morgan fingerprint density at radius 2 is 1.55 bits per heavy atom. The molecule has 0 aliphatic rings. The monoisotopic (exact) mass is 447 g/mol. The second kappa shape index (κ2) is 10.8. The van der Waals surface area contributed by atoms with Crippen LogP contribution in [-0.2, 0) is 32.0 Å². The molecular weight excluding hydrogens is 414 g/mol. The first-order valence-corrected chi connectivity index (χ1v) is 11.9. The van der Waals surface area contributed by atoms with Gasteiger partial charge in [0.05, 0.1) is 11.5 Å². The molecule has 2 rings (SSSR count). The van der Waals surface area contributed by atoms with Gasteiger partial charge < -0.3 is 9.64 Å². The molecule has 0 spiro atoms. The van der Waals surface area contributed by atoms with E-state index >= 15 is 0 Å². The lowest BCUT2D eigenvalue weighted by Crippen LogP contribution is -2.36. The van der Waals surface area contributed by atoms with Gasteiger partial charge in [-0.2, -0.15) is 8.42 Å². The van der Waals surface area contributed by atoms with Gasteiger partial charge in [-0.25, -0.2) is 4.79 Å². The number of carbonyl (C=O) groups is 1. The van der Waals surface area contributed by atoms with Crippen LogP contribution in [-0.4, -0.2) is 38.2 Å². The molecule has 0 saturated heterocycles. The van der Waals surface area contributed by atoms with Crippen molar-refractivity contribution in [1.29, 1.82) is 0 Å². The maximum Gasteiger partial charge on any atom is 0.410 e. The Bertz CT molecular complexity index is 945. The normalized spacial score (nSPS) is 11.9. The van der Waals surface area contributed by atoms with E-state index in [-0.39, 0.29) is 17.6 Å². The molecule has 31 heavy (non-hydrogen) atoms. The van der Waals surface area contributed by atoms with Gasteiger partial charge in [0.2, 0.25) is 0 Å². The average Bonchev–Trinajstić information content (AvgIpc) is 2.68. The Morgan fingerprint density at radius 3 is 2.10 bits per heavy atom. The van der Waals surface area contributed by atoms with Crippen LogP contribution in [0, 0.1) is 6.92 Å². The molecule has 7 heteroatoms. The van der Waals surface area contributed by atoms with Gasteiger partial charge in [-0.3, -0.25) is 4.18 Å². The van der Waals surface area contributed by atoms with Crippen molar-refractivity contribution in [3.05, 3.63) is 65.2 Å². The zero-order chi connectivity index (χ0) is 23.1. The van der Waals surface area contributed by atoms with Crippen LogP contribution < -0.4 is 0 Å². The Hall–Kier alpha value is -2.38. The SMILES string of the molecule is CCCN(Cc1ccc(CCOS(=O)(=O)c2ccc(C)cc2)cc1)C(=O)OC(C)(C)C. The molecule has 0 unspecified atom stereocenters. The second-order valence-electron chi connectivity index (χ2n) is 8.56. The topological polar surface area (TPSA) is 72.9 Å². The molecule has 170 valence electrons. The standard InChI is InChI=1S/C24H33NO5S/c1-6-16-25(23(26)30-24(3,4)5)18-21-11-9-20(10-12-21)15-17-29-31(27,28)22-13-7-19(2)8-14-22/h7-14H,6,15-18H2,1-5H3. The van der Waals surface area contributed by atoms with Gasteiger partial charge in [-0.15, -0.1) is 0 Å². The predicted molar refractivity (Wildman–Crippen MR) is 121 cm³/mol. The van der Waals surface area contributed by atoms with E-state index in [0.29, 0.717) is 19.5 Å². The van der Waals surface area contributed by atoms with Crippen LogP contribution in [0.2, 0.25) is 0 Å². The summed E-state index contributed by atoms with van der Waals surface area (Å²) in [5, 5.41) is 0. The van der Waals surface area contributed by atoms with Crippen LogP contribution in [0.15, 0.2) is 53.4 Å². The summed E-state index contributed by atoms with van der Waals surface area (Å²) in [6, 6.07) is 14.3. The molecule has 0 atom stereocenters. The summed E-state index contributed by atoms with van der Waals surface area (Å²) in [6.07, 6.45) is 0.980. The van der Waals surface area contributed by atoms with Crippen molar-refractivity contribution in [3.63, 3.8) is 0 Å². The molecule has 0 saturated carbocycles. The molecule has 2 aromatic carbocycles. The maximum absolute atomic E-state index is 12.4. The van der Waals surface area contributed by atoms with Gasteiger partial charge in [0.25, 0.3) is 10.1 Å². The van der Waals surface area contributed by atoms with Crippen LogP contribution in [0.4, 0.5) is 4.79 Å². The van der Waals surface area contributed by atoms with Crippen molar-refractivity contribution < 1.29 is 22.1 Å². The highest BCUT2D eigenvalue weighted by Crippen LogP contribution is 2.16. The lowest BCUT2D eigenvalue weighted by molar-refractivity contribution is 0.0233. The van der Waals surface area contributed by atoms with Gasteiger partial charge in [-0.1, -0.05) is 48.9 Å². The minimum Gasteiger partial charge on any atom is -0.444 e. The van der Waals surface area contributed by atoms with Crippen molar-refractivity contribution in [2.24, 2.45) is 0 Å². The summed E-state index contributed by atoms with van der Waals surface area (Å²) in [7, 11) is -3.76. The maximum atomic E-state index is 12.4. The average molecular weight is 448 g/mol. The number of benzene rings is 2. The molecule has 6 nitrogen and oxygen atoms in total. The quantitative estimate of drug-likeness (QED) is 0.501. The third-order valence-electron chi connectivity index (χ3n) is 4.48. The summed E-state index contributed by atoms with van der Waals surface area (Å²) in [5.41, 5.74) is 2.40. The van der Waals surface area contributed by atoms with Crippen molar-refractivity contribution in [3.8, 4) is 0 Å². The highest BCUT2D eigenvalue weighted by Gasteiger charge is 2.21. The fourth-order valence-corrected chi connectivity index (χ4v) is 3.81. The van der Waals surface area contributed by atoms with Crippen LogP contribution in [0.5, 0.6) is 0 Å². The smallest absolute Gasteiger partial charge is 0.410 e. The number of carbonyl (C=O) groups excluding carboxylic acids is 1. The molecule has 2 aromatic rings. The first kappa shape index (κ1) is 24.9. The zero-order valence-corrected chi connectivity index (χ0v) is 19.9. The van der Waals surface area contributed by atoms with Crippen LogP contribution in [0.1, 0.15) is 50.8 Å². The molecule has 0 bridgehead atoms. The number of aryl methyl sites for hydroxylation is 1. The van der Waals surface area contributed by atoms with E-state index < -0.39 is 15.7 Å². The molecule has 0 heterocycles. The van der Waals surface area contributed by atoms with E-state index in [4.69, 9.17) is 8.92 Å². The number of hydrogen-bond acceptors (Lipinski definition) is 5. The molecule has 0 N–H and O–H groups in total. The van der Waals surface area contributed by atoms with E-state index in [1.54, 1.807) is 29.2 Å². The summed E-state index contributed by atoms with van der Waals surface area (Å²) in [5.74, 6) is 0. The molecule has 0 fully saturated rings. The summed E-state index contributed by atoms with van der Waals surface area (Å²) >= 11 is 0. The van der Waals surface area contributed by atoms with Crippen molar-refractivity contribution in [2.75, 3.05) is 13.2 Å². The minimum atomic E-state index is -3.76. The van der Waals surface area contributed by atoms with Gasteiger partial charge in [0.15, 0.2) is 0 Å². The van der Waals surface area contributed by atoms with Crippen LogP contribution in [0.25, 0.3) is 0 Å². The molecule has 0 aromatic heterocycles. The van der Waals surface area contributed by atoms with E-state index in [9.17, 15) is 13.2 Å². The number of rotatable bonds is 9. The van der Waals surface area contributed by atoms with E-state index in [1.165, 1.54) is 0 Å². The fourth-order valence-electron chi connectivity index (χ4n) is 2.91. The minimum absolute atomic E-state index is 0.0649. The van der Waals surface area contributed by atoms with Gasteiger partial charge in [0, 0.05) is 13.1 Å². The first-order valence-electron chi connectivity index (χ1n) is 10.5. The molecular formula is C24H33NO5S. The number of nitrogens with zero attached hydrogens (tertiary/aromatic N) is 1. The third-order valence-corrected chi connectivity index (χ3v) is 5.81. The Labute approximate surface area is 186 Å². The summed E-state index contributed by atoms with van der Waals surface area (Å²) in [4.78, 5) is 14.3. The van der Waals surface area contributed by atoms with E-state index in [0.717, 1.165) is 23.1 Å². The second-order valence-corrected chi connectivity index (χ2v) is 10.2. The van der Waals surface area contributed by atoms with E-state index in [1.807, 2.05) is 58.9 Å². The fraction of sp³-hybridized carbons (Fsp3) is 0.458. The van der Waals surface area contributed by atoms with Crippen LogP contribution in [0.3, 0.4) is 0 Å². The predicted octanol–water partition coefficient (Wildman–Crippen LogP) is 5.09. The Kier molecular flexibility index (Phi) is 8.65. The number of amides is 1. The van der Waals surface area contributed by atoms with Crippen molar-refractivity contribution in [1.82, 2.24) is 4.90 Å². The first-order chi connectivity index (χ1) is 14.5. The number of hydrogen-bond donors (Lipinski definition) is 0. The van der Waals surface area contributed by atoms with Crippen molar-refractivity contribution >= 4 is 16.2 Å². The highest BCUT2D eigenvalue weighted by molar-refractivity contribution is 7.86. The van der Waals surface area contributed by atoms with Crippen molar-refractivity contribution in [2.45, 2.75) is 64.5 Å². The molecule has 1 amide bonds. The summed E-state index contributed by atoms with van der Waals surface area (Å²) < 4.78 is 35.2. The van der Waals surface area contributed by atoms with Crippen LogP contribution >= 0.6 is 0 Å². The zero-order valence-electron chi connectivity index (χ0n) is 19.1. The number of ether oxygens (including phenoxy) is 1. The van der Waals surface area contributed by atoms with Gasteiger partial charge >= 0.3 is 6.09 Å². The Morgan fingerprint density at radius 1 is 0.968 bits per heavy atom. The van der Waals surface area contributed by atoms with E-state index in [2.05, 4.69) is 0 Å². The third kappa shape index (κ3) is 8.34. The van der Waals surface area contributed by atoms with Gasteiger partial charge in [-0.05, 0) is 63.8 Å².